The van der Waals surface area contributed by atoms with Crippen LogP contribution in [0.15, 0.2) is 65.7 Å². The zero-order valence-corrected chi connectivity index (χ0v) is 14.5. The molecule has 2 amide bonds. The Labute approximate surface area is 155 Å². The number of nitrogens with one attached hydrogen (secondary N) is 2. The molecule has 3 aromatic heterocycles. The summed E-state index contributed by atoms with van der Waals surface area (Å²) in [4.78, 5) is 28.0. The van der Waals surface area contributed by atoms with Gasteiger partial charge in [0, 0.05) is 49.7 Å². The lowest BCUT2D eigenvalue weighted by molar-refractivity contribution is -0.121. The number of aromatic nitrogens is 3. The average Bonchev–Trinajstić information content (AvgIpc) is 3.39. The van der Waals surface area contributed by atoms with Gasteiger partial charge < -0.3 is 15.1 Å². The van der Waals surface area contributed by atoms with E-state index < -0.39 is 0 Å². The molecule has 8 nitrogen and oxygen atoms in total. The van der Waals surface area contributed by atoms with E-state index in [4.69, 9.17) is 4.42 Å². The fourth-order valence-corrected chi connectivity index (χ4v) is 2.35. The van der Waals surface area contributed by atoms with Crippen molar-refractivity contribution >= 4 is 17.9 Å². The molecule has 0 saturated carbocycles. The number of hydrogen-bond donors (Lipinski definition) is 2. The highest BCUT2D eigenvalue weighted by molar-refractivity contribution is 5.91. The van der Waals surface area contributed by atoms with Gasteiger partial charge in [-0.3, -0.25) is 9.59 Å². The second kappa shape index (κ2) is 9.14. The first-order valence-corrected chi connectivity index (χ1v) is 8.42. The number of hydrogen-bond acceptors (Lipinski definition) is 5. The van der Waals surface area contributed by atoms with Gasteiger partial charge in [0.2, 0.25) is 11.8 Å². The van der Waals surface area contributed by atoms with Crippen LogP contribution in [0, 0.1) is 0 Å². The lowest BCUT2D eigenvalue weighted by Crippen LogP contribution is -2.30. The Balaban J connectivity index is 1.42. The third-order valence-electron chi connectivity index (χ3n) is 3.66. The number of amides is 2. The molecular weight excluding hydrogens is 346 g/mol. The van der Waals surface area contributed by atoms with Crippen LogP contribution in [0.2, 0.25) is 0 Å². The van der Waals surface area contributed by atoms with E-state index in [2.05, 4.69) is 20.7 Å². The molecule has 2 N–H and O–H groups in total. The van der Waals surface area contributed by atoms with Crippen molar-refractivity contribution in [2.24, 2.45) is 0 Å². The molecule has 8 heteroatoms. The molecule has 0 bridgehead atoms. The molecule has 3 rings (SSSR count). The van der Waals surface area contributed by atoms with Crippen molar-refractivity contribution in [2.45, 2.75) is 13.0 Å². The Bertz CT molecular complexity index is 901. The molecule has 27 heavy (non-hydrogen) atoms. The van der Waals surface area contributed by atoms with Gasteiger partial charge in [-0.05, 0) is 30.3 Å². The van der Waals surface area contributed by atoms with Crippen LogP contribution in [0.4, 0.5) is 0 Å². The standard InChI is InChI=1S/C19H19N5O3/c25-17(7-6-16-5-2-13-27-16)20-11-8-18(26)22-14-15-4-1-9-21-19(15)24-12-3-10-23-24/h1-7,9-10,12-13H,8,11,14H2,(H,20,25)(H,22,26)/b7-6+. The summed E-state index contributed by atoms with van der Waals surface area (Å²) in [5.74, 6) is 0.805. The van der Waals surface area contributed by atoms with Gasteiger partial charge in [0.25, 0.3) is 0 Å². The Morgan fingerprint density at radius 3 is 2.85 bits per heavy atom. The molecule has 0 aliphatic carbocycles. The van der Waals surface area contributed by atoms with Crippen molar-refractivity contribution in [3.05, 3.63) is 72.6 Å². The summed E-state index contributed by atoms with van der Waals surface area (Å²) in [5.41, 5.74) is 0.847. The van der Waals surface area contributed by atoms with E-state index in [0.29, 0.717) is 18.1 Å². The van der Waals surface area contributed by atoms with Gasteiger partial charge in [-0.15, -0.1) is 0 Å². The third kappa shape index (κ3) is 5.40. The summed E-state index contributed by atoms with van der Waals surface area (Å²) in [6.45, 7) is 0.570. The molecular formula is C19H19N5O3. The first-order chi connectivity index (χ1) is 13.2. The van der Waals surface area contributed by atoms with Gasteiger partial charge in [-0.25, -0.2) is 9.67 Å². The maximum atomic E-state index is 12.0. The van der Waals surface area contributed by atoms with Crippen LogP contribution in [0.5, 0.6) is 0 Å². The van der Waals surface area contributed by atoms with Crippen LogP contribution in [-0.2, 0) is 16.1 Å². The number of carbonyl (C=O) groups excluding carboxylic acids is 2. The van der Waals surface area contributed by atoms with Crippen molar-refractivity contribution in [3.8, 4) is 5.82 Å². The van der Waals surface area contributed by atoms with Gasteiger partial charge in [0.1, 0.15) is 5.76 Å². The number of nitrogens with zero attached hydrogens (tertiary/aromatic N) is 3. The molecule has 0 spiro atoms. The Morgan fingerprint density at radius 2 is 2.07 bits per heavy atom. The fourth-order valence-electron chi connectivity index (χ4n) is 2.35. The summed E-state index contributed by atoms with van der Waals surface area (Å²) in [7, 11) is 0. The summed E-state index contributed by atoms with van der Waals surface area (Å²) in [6.07, 6.45) is 9.77. The second-order valence-electron chi connectivity index (χ2n) is 5.60. The SMILES string of the molecule is O=C(/C=C/c1ccco1)NCCC(=O)NCc1cccnc1-n1cccn1. The van der Waals surface area contributed by atoms with E-state index in [0.717, 1.165) is 5.56 Å². The summed E-state index contributed by atoms with van der Waals surface area (Å²) >= 11 is 0. The summed E-state index contributed by atoms with van der Waals surface area (Å²) in [6, 6.07) is 8.97. The topological polar surface area (TPSA) is 102 Å². The van der Waals surface area contributed by atoms with Crippen LogP contribution in [0.3, 0.4) is 0 Å². The molecule has 0 aromatic carbocycles. The minimum absolute atomic E-state index is 0.166. The smallest absolute Gasteiger partial charge is 0.244 e. The Hall–Kier alpha value is -3.68. The van der Waals surface area contributed by atoms with Crippen LogP contribution in [-0.4, -0.2) is 33.1 Å². The quantitative estimate of drug-likeness (QED) is 0.592. The molecule has 3 aromatic rings. The maximum Gasteiger partial charge on any atom is 0.244 e. The number of furan rings is 1. The molecule has 0 fully saturated rings. The average molecular weight is 365 g/mol. The third-order valence-corrected chi connectivity index (χ3v) is 3.66. The summed E-state index contributed by atoms with van der Waals surface area (Å²) < 4.78 is 6.74. The first kappa shape index (κ1) is 18.1. The minimum Gasteiger partial charge on any atom is -0.465 e. The normalized spacial score (nSPS) is 10.8. The lowest BCUT2D eigenvalue weighted by atomic mass is 10.2. The van der Waals surface area contributed by atoms with Crippen LogP contribution < -0.4 is 10.6 Å². The van der Waals surface area contributed by atoms with E-state index in [-0.39, 0.29) is 24.8 Å². The first-order valence-electron chi connectivity index (χ1n) is 8.42. The van der Waals surface area contributed by atoms with Crippen molar-refractivity contribution in [2.75, 3.05) is 6.54 Å². The zero-order valence-electron chi connectivity index (χ0n) is 14.5. The fraction of sp³-hybridized carbons (Fsp3) is 0.158. The van der Waals surface area contributed by atoms with Gasteiger partial charge in [-0.2, -0.15) is 5.10 Å². The number of carbonyl (C=O) groups is 2. The second-order valence-corrected chi connectivity index (χ2v) is 5.60. The molecule has 0 atom stereocenters. The summed E-state index contributed by atoms with van der Waals surface area (Å²) in [5, 5.41) is 9.64. The highest BCUT2D eigenvalue weighted by Crippen LogP contribution is 2.09. The van der Waals surface area contributed by atoms with E-state index in [1.165, 1.54) is 12.3 Å². The molecule has 3 heterocycles. The van der Waals surface area contributed by atoms with E-state index >= 15 is 0 Å². The van der Waals surface area contributed by atoms with Gasteiger partial charge >= 0.3 is 0 Å². The number of pyridine rings is 1. The largest absolute Gasteiger partial charge is 0.465 e. The Morgan fingerprint density at radius 1 is 1.15 bits per heavy atom. The number of rotatable bonds is 8. The Kier molecular flexibility index (Phi) is 6.13. The van der Waals surface area contributed by atoms with Crippen molar-refractivity contribution < 1.29 is 14.0 Å². The van der Waals surface area contributed by atoms with Crippen LogP contribution in [0.1, 0.15) is 17.7 Å². The predicted octanol–water partition coefficient (Wildman–Crippen LogP) is 1.70. The minimum atomic E-state index is -0.285. The highest BCUT2D eigenvalue weighted by atomic mass is 16.3. The molecule has 0 aliphatic heterocycles. The van der Waals surface area contributed by atoms with Crippen molar-refractivity contribution in [3.63, 3.8) is 0 Å². The van der Waals surface area contributed by atoms with Gasteiger partial charge in [0.05, 0.1) is 6.26 Å². The predicted molar refractivity (Wildman–Crippen MR) is 98.6 cm³/mol. The zero-order chi connectivity index (χ0) is 18.9. The van der Waals surface area contributed by atoms with E-state index in [1.54, 1.807) is 53.6 Å². The lowest BCUT2D eigenvalue weighted by Gasteiger charge is -2.10. The highest BCUT2D eigenvalue weighted by Gasteiger charge is 2.08. The van der Waals surface area contributed by atoms with Gasteiger partial charge in [-0.1, -0.05) is 6.07 Å². The van der Waals surface area contributed by atoms with E-state index in [9.17, 15) is 9.59 Å². The van der Waals surface area contributed by atoms with Gasteiger partial charge in [0.15, 0.2) is 5.82 Å². The van der Waals surface area contributed by atoms with E-state index in [1.807, 2.05) is 6.07 Å². The van der Waals surface area contributed by atoms with Crippen molar-refractivity contribution in [1.82, 2.24) is 25.4 Å². The van der Waals surface area contributed by atoms with Crippen LogP contribution >= 0.6 is 0 Å². The molecule has 0 radical (unpaired) electrons. The van der Waals surface area contributed by atoms with Crippen LogP contribution in [0.25, 0.3) is 11.9 Å². The molecule has 0 unspecified atom stereocenters. The maximum absolute atomic E-state index is 12.0. The monoisotopic (exact) mass is 365 g/mol. The molecule has 0 aliphatic rings. The molecule has 0 saturated heterocycles. The van der Waals surface area contributed by atoms with Crippen molar-refractivity contribution in [1.29, 1.82) is 0 Å². The molecule has 138 valence electrons.